The number of nitrogens with one attached hydrogen (secondary N) is 1. The minimum Gasteiger partial charge on any atom is -0.382 e. The number of alkyl halides is 3. The third-order valence-electron chi connectivity index (χ3n) is 6.64. The zero-order valence-electron chi connectivity index (χ0n) is 21.9. The van der Waals surface area contributed by atoms with Gasteiger partial charge in [0.25, 0.3) is 0 Å². The minimum atomic E-state index is -4.54. The van der Waals surface area contributed by atoms with E-state index in [1.807, 2.05) is 30.3 Å². The van der Waals surface area contributed by atoms with Gasteiger partial charge in [-0.05, 0) is 36.8 Å². The summed E-state index contributed by atoms with van der Waals surface area (Å²) < 4.78 is 46.6. The molecule has 41 heavy (non-hydrogen) atoms. The van der Waals surface area contributed by atoms with Crippen molar-refractivity contribution in [3.8, 4) is 0 Å². The van der Waals surface area contributed by atoms with Crippen LogP contribution >= 0.6 is 23.2 Å². The van der Waals surface area contributed by atoms with E-state index < -0.39 is 35.2 Å². The Hall–Kier alpha value is -3.28. The van der Waals surface area contributed by atoms with E-state index in [0.717, 1.165) is 29.8 Å². The molecule has 3 atom stereocenters. The number of carbonyl (C=O) groups excluding carboxylic acids is 1. The molecule has 1 heterocycles. The van der Waals surface area contributed by atoms with Gasteiger partial charge >= 0.3 is 6.18 Å². The van der Waals surface area contributed by atoms with Gasteiger partial charge in [-0.15, -0.1) is 0 Å². The fourth-order valence-corrected chi connectivity index (χ4v) is 4.96. The molecule has 0 unspecified atom stereocenters. The lowest BCUT2D eigenvalue weighted by Gasteiger charge is -2.37. The molecular weight excluding hydrogens is 580 g/mol. The van der Waals surface area contributed by atoms with Crippen LogP contribution in [0.25, 0.3) is 0 Å². The molecule has 0 aliphatic heterocycles. The highest BCUT2D eigenvalue weighted by molar-refractivity contribution is 6.35. The summed E-state index contributed by atoms with van der Waals surface area (Å²) in [4.78, 5) is 17.5. The normalized spacial score (nSPS) is 14.8. The number of aromatic nitrogens is 3. The number of aliphatic hydroxyl groups is 1. The number of Topliss-reactive ketones (excluding diaryl/α,β-unsaturated/α-hetero) is 1. The quantitative estimate of drug-likeness (QED) is 0.194. The molecule has 0 fully saturated rings. The van der Waals surface area contributed by atoms with Crippen molar-refractivity contribution in [2.75, 3.05) is 6.61 Å². The standard InChI is InChI=1S/C29H27Cl2F3N4O3/c1-19(28(40,16-38-18-35-17-36-38)24-12-11-23(30)13-25(24)31)37-26(15-41-14-20-5-3-2-4-6-20)27(39)21-7-9-22(10-8-21)29(32,33)34/h2-13,17-19,26,37,40H,14-16H2,1H3/t19-,26-,28-/m1/s1. The van der Waals surface area contributed by atoms with E-state index in [9.17, 15) is 23.1 Å². The van der Waals surface area contributed by atoms with Crippen LogP contribution in [-0.2, 0) is 29.7 Å². The zero-order chi connectivity index (χ0) is 29.6. The average Bonchev–Trinajstić information content (AvgIpc) is 3.45. The van der Waals surface area contributed by atoms with Gasteiger partial charge in [0.15, 0.2) is 5.78 Å². The van der Waals surface area contributed by atoms with Crippen LogP contribution in [0.3, 0.4) is 0 Å². The van der Waals surface area contributed by atoms with Crippen molar-refractivity contribution < 1.29 is 27.8 Å². The van der Waals surface area contributed by atoms with Crippen molar-refractivity contribution in [1.82, 2.24) is 20.1 Å². The van der Waals surface area contributed by atoms with Gasteiger partial charge in [0.2, 0.25) is 0 Å². The van der Waals surface area contributed by atoms with Crippen molar-refractivity contribution in [3.63, 3.8) is 0 Å². The van der Waals surface area contributed by atoms with Gasteiger partial charge in [0.05, 0.1) is 31.4 Å². The smallest absolute Gasteiger partial charge is 0.382 e. The van der Waals surface area contributed by atoms with Gasteiger partial charge in [-0.2, -0.15) is 18.3 Å². The number of hydrogen-bond donors (Lipinski definition) is 2. The molecule has 4 rings (SSSR count). The second kappa shape index (κ2) is 13.1. The lowest BCUT2D eigenvalue weighted by Crippen LogP contribution is -2.55. The van der Waals surface area contributed by atoms with E-state index in [1.54, 1.807) is 19.1 Å². The average molecular weight is 607 g/mol. The summed E-state index contributed by atoms with van der Waals surface area (Å²) in [5.41, 5.74) is -1.35. The van der Waals surface area contributed by atoms with Gasteiger partial charge in [-0.3, -0.25) is 10.1 Å². The number of ketones is 1. The first-order chi connectivity index (χ1) is 19.5. The van der Waals surface area contributed by atoms with Gasteiger partial charge < -0.3 is 9.84 Å². The largest absolute Gasteiger partial charge is 0.416 e. The second-order valence-corrected chi connectivity index (χ2v) is 10.4. The summed E-state index contributed by atoms with van der Waals surface area (Å²) in [6.07, 6.45) is -1.80. The fraction of sp³-hybridized carbons (Fsp3) is 0.276. The maximum Gasteiger partial charge on any atom is 0.416 e. The van der Waals surface area contributed by atoms with Crippen molar-refractivity contribution >= 4 is 29.0 Å². The first kappa shape index (κ1) is 30.7. The van der Waals surface area contributed by atoms with Crippen LogP contribution in [-0.4, -0.2) is 44.3 Å². The van der Waals surface area contributed by atoms with Crippen molar-refractivity contribution in [2.45, 2.75) is 43.9 Å². The Labute approximate surface area is 244 Å². The summed E-state index contributed by atoms with van der Waals surface area (Å²) in [7, 11) is 0. The van der Waals surface area contributed by atoms with Crippen LogP contribution in [0, 0.1) is 0 Å². The number of carbonyl (C=O) groups is 1. The first-order valence-corrected chi connectivity index (χ1v) is 13.3. The Morgan fingerprint density at radius 1 is 1.07 bits per heavy atom. The Kier molecular flexibility index (Phi) is 9.83. The van der Waals surface area contributed by atoms with Crippen molar-refractivity contribution in [3.05, 3.63) is 118 Å². The third kappa shape index (κ3) is 7.72. The van der Waals surface area contributed by atoms with Crippen LogP contribution in [0.4, 0.5) is 13.2 Å². The molecule has 216 valence electrons. The highest BCUT2D eigenvalue weighted by Gasteiger charge is 2.40. The Morgan fingerprint density at radius 3 is 2.39 bits per heavy atom. The van der Waals surface area contributed by atoms with Gasteiger partial charge in [0.1, 0.15) is 18.3 Å². The summed E-state index contributed by atoms with van der Waals surface area (Å²) in [6.45, 7) is 1.63. The second-order valence-electron chi connectivity index (χ2n) is 9.52. The maximum absolute atomic E-state index is 13.6. The molecule has 0 bridgehead atoms. The Morgan fingerprint density at radius 2 is 1.78 bits per heavy atom. The van der Waals surface area contributed by atoms with E-state index in [1.165, 1.54) is 23.4 Å². The van der Waals surface area contributed by atoms with Crippen molar-refractivity contribution in [1.29, 1.82) is 0 Å². The molecule has 2 N–H and O–H groups in total. The molecule has 4 aromatic rings. The highest BCUT2D eigenvalue weighted by Crippen LogP contribution is 2.35. The Bertz CT molecular complexity index is 1440. The number of nitrogens with zero attached hydrogens (tertiary/aromatic N) is 3. The molecule has 1 aromatic heterocycles. The molecule has 12 heteroatoms. The molecule has 7 nitrogen and oxygen atoms in total. The molecule has 3 aromatic carbocycles. The molecule has 0 saturated carbocycles. The van der Waals surface area contributed by atoms with Crippen LogP contribution in [0.1, 0.15) is 34.0 Å². The summed E-state index contributed by atoms with van der Waals surface area (Å²) >= 11 is 12.6. The molecule has 0 aliphatic carbocycles. The topological polar surface area (TPSA) is 89.3 Å². The molecule has 0 saturated heterocycles. The van der Waals surface area contributed by atoms with E-state index in [2.05, 4.69) is 15.4 Å². The fourth-order valence-electron chi connectivity index (χ4n) is 4.39. The highest BCUT2D eigenvalue weighted by atomic mass is 35.5. The molecule has 0 amide bonds. The first-order valence-electron chi connectivity index (χ1n) is 12.6. The number of rotatable bonds is 12. The number of hydrogen-bond acceptors (Lipinski definition) is 6. The number of ether oxygens (including phenoxy) is 1. The molecule has 0 spiro atoms. The summed E-state index contributed by atoms with van der Waals surface area (Å²) in [5, 5.41) is 19.9. The van der Waals surface area contributed by atoms with E-state index >= 15 is 0 Å². The van der Waals surface area contributed by atoms with Crippen LogP contribution in [0.2, 0.25) is 10.0 Å². The van der Waals surface area contributed by atoms with Gasteiger partial charge in [-0.1, -0.05) is 71.7 Å². The summed E-state index contributed by atoms with van der Waals surface area (Å²) in [6, 6.07) is 16.0. The molecule has 0 aliphatic rings. The van der Waals surface area contributed by atoms with Crippen LogP contribution in [0.5, 0.6) is 0 Å². The van der Waals surface area contributed by atoms with Gasteiger partial charge in [0, 0.05) is 27.2 Å². The lowest BCUT2D eigenvalue weighted by atomic mass is 9.86. The SMILES string of the molecule is C[C@@H](N[C@H](COCc1ccccc1)C(=O)c1ccc(C(F)(F)F)cc1)[C@](O)(Cn1cncn1)c1ccc(Cl)cc1Cl. The van der Waals surface area contributed by atoms with Gasteiger partial charge in [-0.25, -0.2) is 9.67 Å². The number of benzene rings is 3. The van der Waals surface area contributed by atoms with E-state index in [0.29, 0.717) is 10.6 Å². The van der Waals surface area contributed by atoms with Crippen molar-refractivity contribution in [2.24, 2.45) is 0 Å². The van der Waals surface area contributed by atoms with E-state index in [-0.39, 0.29) is 30.3 Å². The number of halogens is 5. The Balaban J connectivity index is 1.63. The predicted octanol–water partition coefficient (Wildman–Crippen LogP) is 5.94. The van der Waals surface area contributed by atoms with Crippen LogP contribution < -0.4 is 5.32 Å². The van der Waals surface area contributed by atoms with Crippen LogP contribution in [0.15, 0.2) is 85.5 Å². The third-order valence-corrected chi connectivity index (χ3v) is 7.19. The summed E-state index contributed by atoms with van der Waals surface area (Å²) in [5.74, 6) is -0.510. The predicted molar refractivity (Wildman–Crippen MR) is 149 cm³/mol. The molecule has 0 radical (unpaired) electrons. The zero-order valence-corrected chi connectivity index (χ0v) is 23.4. The lowest BCUT2D eigenvalue weighted by molar-refractivity contribution is -0.137. The monoisotopic (exact) mass is 606 g/mol. The molecular formula is C29H27Cl2F3N4O3. The van der Waals surface area contributed by atoms with E-state index in [4.69, 9.17) is 27.9 Å². The minimum absolute atomic E-state index is 0.0513. The maximum atomic E-state index is 13.6.